The molecule has 8 nitrogen and oxygen atoms in total. The summed E-state index contributed by atoms with van der Waals surface area (Å²) in [5.74, 6) is -3.16. The molecule has 3 rings (SSSR count). The highest BCUT2D eigenvalue weighted by molar-refractivity contribution is 5.70. The van der Waals surface area contributed by atoms with E-state index in [1.54, 1.807) is 14.2 Å². The average molecular weight is 523 g/mol. The van der Waals surface area contributed by atoms with Gasteiger partial charge in [0.15, 0.2) is 11.6 Å². The van der Waals surface area contributed by atoms with Gasteiger partial charge in [-0.1, -0.05) is 46.8 Å². The van der Waals surface area contributed by atoms with Gasteiger partial charge in [0.25, 0.3) is 0 Å². The Hall–Kier alpha value is -1.71. The molecule has 8 heteroatoms. The van der Waals surface area contributed by atoms with Gasteiger partial charge in [-0.2, -0.15) is 0 Å². The number of carbonyl (C=O) groups is 1. The summed E-state index contributed by atoms with van der Waals surface area (Å²) in [6, 6.07) is 7.88. The third kappa shape index (κ3) is 6.14. The third-order valence-electron chi connectivity index (χ3n) is 8.71. The van der Waals surface area contributed by atoms with Gasteiger partial charge < -0.3 is 33.9 Å². The minimum atomic E-state index is -1.75. The molecule has 0 radical (unpaired) electrons. The summed E-state index contributed by atoms with van der Waals surface area (Å²) in [5, 5.41) is 22.6. The Kier molecular flexibility index (Phi) is 9.34. The van der Waals surface area contributed by atoms with Gasteiger partial charge in [-0.3, -0.25) is 4.79 Å². The van der Waals surface area contributed by atoms with Crippen molar-refractivity contribution in [2.45, 2.75) is 96.6 Å². The van der Waals surface area contributed by atoms with E-state index in [1.165, 1.54) is 7.11 Å². The van der Waals surface area contributed by atoms with E-state index in [4.69, 9.17) is 23.7 Å². The fraction of sp³-hybridized carbons (Fsp3) is 0.759. The van der Waals surface area contributed by atoms with Crippen LogP contribution in [-0.4, -0.2) is 61.3 Å². The maximum atomic E-state index is 12.1. The van der Waals surface area contributed by atoms with E-state index in [2.05, 4.69) is 6.92 Å². The fourth-order valence-corrected chi connectivity index (χ4v) is 6.13. The van der Waals surface area contributed by atoms with Crippen LogP contribution in [0.25, 0.3) is 0 Å². The number of aliphatic hydroxyl groups is 2. The molecule has 210 valence electrons. The van der Waals surface area contributed by atoms with Crippen LogP contribution < -0.4 is 4.74 Å². The topological polar surface area (TPSA) is 104 Å². The molecule has 1 aromatic carbocycles. The van der Waals surface area contributed by atoms with Crippen molar-refractivity contribution in [1.29, 1.82) is 0 Å². The van der Waals surface area contributed by atoms with Crippen LogP contribution >= 0.6 is 0 Å². The molecule has 2 N–H and O–H groups in total. The first kappa shape index (κ1) is 29.8. The Balaban J connectivity index is 1.81. The van der Waals surface area contributed by atoms with Crippen LogP contribution in [-0.2, 0) is 23.7 Å². The van der Waals surface area contributed by atoms with E-state index in [0.29, 0.717) is 6.42 Å². The lowest BCUT2D eigenvalue weighted by Gasteiger charge is -2.61. The van der Waals surface area contributed by atoms with Crippen LogP contribution in [0.3, 0.4) is 0 Å². The Labute approximate surface area is 221 Å². The highest BCUT2D eigenvalue weighted by Crippen LogP contribution is 2.56. The number of esters is 1. The van der Waals surface area contributed by atoms with Crippen molar-refractivity contribution in [3.05, 3.63) is 29.8 Å². The average Bonchev–Trinajstić information content (AvgIpc) is 2.85. The minimum Gasteiger partial charge on any atom is -0.497 e. The summed E-state index contributed by atoms with van der Waals surface area (Å²) in [7, 11) is 4.64. The van der Waals surface area contributed by atoms with E-state index in [1.807, 2.05) is 52.0 Å². The summed E-state index contributed by atoms with van der Waals surface area (Å²) in [6.07, 6.45) is 0.909. The molecule has 0 saturated carbocycles. The number of ether oxygens (including phenoxy) is 5. The van der Waals surface area contributed by atoms with Crippen molar-refractivity contribution in [2.75, 3.05) is 21.3 Å². The van der Waals surface area contributed by atoms with Gasteiger partial charge in [0.05, 0.1) is 39.0 Å². The van der Waals surface area contributed by atoms with Gasteiger partial charge >= 0.3 is 5.97 Å². The molecule has 2 aliphatic rings. The van der Waals surface area contributed by atoms with Crippen molar-refractivity contribution >= 4 is 5.97 Å². The van der Waals surface area contributed by atoms with E-state index in [-0.39, 0.29) is 42.8 Å². The second-order valence-electron chi connectivity index (χ2n) is 11.7. The molecule has 0 unspecified atom stereocenters. The normalized spacial score (nSPS) is 35.1. The van der Waals surface area contributed by atoms with Gasteiger partial charge in [-0.05, 0) is 42.9 Å². The van der Waals surface area contributed by atoms with Crippen LogP contribution in [0, 0.1) is 23.2 Å². The van der Waals surface area contributed by atoms with Crippen LogP contribution in [0.15, 0.2) is 24.3 Å². The van der Waals surface area contributed by atoms with E-state index < -0.39 is 29.1 Å². The monoisotopic (exact) mass is 522 g/mol. The maximum Gasteiger partial charge on any atom is 0.310 e. The molecule has 0 aromatic heterocycles. The zero-order valence-corrected chi connectivity index (χ0v) is 23.7. The second kappa shape index (κ2) is 11.6. The van der Waals surface area contributed by atoms with E-state index in [0.717, 1.165) is 24.2 Å². The molecule has 8 atom stereocenters. The second-order valence-corrected chi connectivity index (χ2v) is 11.7. The van der Waals surface area contributed by atoms with Crippen LogP contribution in [0.1, 0.15) is 78.4 Å². The first-order valence-electron chi connectivity index (χ1n) is 13.3. The molecule has 2 fully saturated rings. The van der Waals surface area contributed by atoms with Crippen molar-refractivity contribution < 1.29 is 38.7 Å². The van der Waals surface area contributed by atoms with Gasteiger partial charge in [-0.25, -0.2) is 0 Å². The fourth-order valence-electron chi connectivity index (χ4n) is 6.13. The predicted octanol–water partition coefficient (Wildman–Crippen LogP) is 4.62. The summed E-state index contributed by atoms with van der Waals surface area (Å²) >= 11 is 0. The minimum absolute atomic E-state index is 0.0672. The van der Waals surface area contributed by atoms with Crippen LogP contribution in [0.5, 0.6) is 5.75 Å². The molecular weight excluding hydrogens is 476 g/mol. The number of hydrogen-bond acceptors (Lipinski definition) is 8. The zero-order chi connectivity index (χ0) is 27.6. The molecule has 0 bridgehead atoms. The SMILES string of the molecule is COC(=O)C[C@]1(O)O[C@]2(C[C@H](O)[C@H](C)[C@@H]([C@@H](C)CC[C@H](OC)c3cccc(OC)c3)O2)C(C)(C)C[C@H]1C. The quantitative estimate of drug-likeness (QED) is 0.453. The van der Waals surface area contributed by atoms with Crippen molar-refractivity contribution in [3.8, 4) is 5.75 Å². The highest BCUT2D eigenvalue weighted by Gasteiger charge is 2.63. The highest BCUT2D eigenvalue weighted by atomic mass is 16.8. The third-order valence-corrected chi connectivity index (χ3v) is 8.71. The molecule has 1 spiro atoms. The molecular formula is C29H46O8. The molecule has 1 aromatic rings. The Morgan fingerprint density at radius 2 is 1.86 bits per heavy atom. The lowest BCUT2D eigenvalue weighted by molar-refractivity contribution is -0.451. The lowest BCUT2D eigenvalue weighted by Crippen LogP contribution is -2.68. The smallest absolute Gasteiger partial charge is 0.310 e. The number of carbonyl (C=O) groups excluding carboxylic acids is 1. The molecule has 0 aliphatic carbocycles. The van der Waals surface area contributed by atoms with Crippen molar-refractivity contribution in [3.63, 3.8) is 0 Å². The molecule has 2 heterocycles. The van der Waals surface area contributed by atoms with E-state index in [9.17, 15) is 15.0 Å². The Morgan fingerprint density at radius 1 is 1.16 bits per heavy atom. The predicted molar refractivity (Wildman–Crippen MR) is 139 cm³/mol. The largest absolute Gasteiger partial charge is 0.497 e. The summed E-state index contributed by atoms with van der Waals surface area (Å²) in [4.78, 5) is 12.1. The molecule has 0 amide bonds. The maximum absolute atomic E-state index is 12.1. The van der Waals surface area contributed by atoms with Crippen LogP contribution in [0.2, 0.25) is 0 Å². The van der Waals surface area contributed by atoms with Crippen LogP contribution in [0.4, 0.5) is 0 Å². The Bertz CT molecular complexity index is 919. The number of rotatable bonds is 9. The van der Waals surface area contributed by atoms with Gasteiger partial charge in [0, 0.05) is 30.8 Å². The van der Waals surface area contributed by atoms with Gasteiger partial charge in [-0.15, -0.1) is 0 Å². The Morgan fingerprint density at radius 3 is 2.49 bits per heavy atom. The number of benzene rings is 1. The standard InChI is InChI=1S/C29H46O8/c1-18(12-13-24(34-7)21-10-9-11-22(14-21)33-6)26-20(3)23(30)16-29(36-26)27(4,5)15-19(2)28(32,37-29)17-25(31)35-8/h9-11,14,18-20,23-24,26,30,32H,12-13,15-17H2,1-8H3/t18-,19+,20-,23-,24-,26+,28-,29+/m0/s1. The van der Waals surface area contributed by atoms with E-state index >= 15 is 0 Å². The molecule has 2 aliphatic heterocycles. The summed E-state index contributed by atoms with van der Waals surface area (Å²) in [5.41, 5.74) is 0.533. The van der Waals surface area contributed by atoms with Crippen molar-refractivity contribution in [1.82, 2.24) is 0 Å². The summed E-state index contributed by atoms with van der Waals surface area (Å²) in [6.45, 7) is 10.0. The van der Waals surface area contributed by atoms with Gasteiger partial charge in [0.1, 0.15) is 5.75 Å². The number of hydrogen-bond donors (Lipinski definition) is 2. The lowest BCUT2D eigenvalue weighted by atomic mass is 9.66. The van der Waals surface area contributed by atoms with Crippen molar-refractivity contribution in [2.24, 2.45) is 23.2 Å². The number of aliphatic hydroxyl groups excluding tert-OH is 1. The van der Waals surface area contributed by atoms with Gasteiger partial charge in [0.2, 0.25) is 0 Å². The first-order chi connectivity index (χ1) is 17.3. The summed E-state index contributed by atoms with van der Waals surface area (Å²) < 4.78 is 29.2. The first-order valence-corrected chi connectivity index (χ1v) is 13.3. The zero-order valence-electron chi connectivity index (χ0n) is 23.7. The molecule has 2 saturated heterocycles. The number of methoxy groups -OCH3 is 3. The molecule has 37 heavy (non-hydrogen) atoms.